The average molecular weight is 139 g/mol. The van der Waals surface area contributed by atoms with Crippen molar-refractivity contribution in [2.75, 3.05) is 26.3 Å². The van der Waals surface area contributed by atoms with E-state index >= 15 is 0 Å². The smallest absolute Gasteiger partial charge is 0.0594 e. The van der Waals surface area contributed by atoms with E-state index in [1.807, 2.05) is 0 Å². The molecule has 0 atom stereocenters. The first kappa shape index (κ1) is 5.56. The van der Waals surface area contributed by atoms with Gasteiger partial charge in [0.05, 0.1) is 13.2 Å². The summed E-state index contributed by atoms with van der Waals surface area (Å²) in [4.78, 5) is 2.64. The van der Waals surface area contributed by atoms with Crippen LogP contribution in [0.15, 0.2) is 0 Å². The van der Waals surface area contributed by atoms with E-state index in [0.717, 1.165) is 24.7 Å². The van der Waals surface area contributed by atoms with E-state index in [-0.39, 0.29) is 0 Å². The van der Waals surface area contributed by atoms with Gasteiger partial charge in [-0.3, -0.25) is 4.90 Å². The minimum atomic E-state index is 0.740. The summed E-state index contributed by atoms with van der Waals surface area (Å²) in [7, 11) is 0. The van der Waals surface area contributed by atoms with Gasteiger partial charge >= 0.3 is 0 Å². The molecule has 3 aliphatic rings. The van der Waals surface area contributed by atoms with E-state index in [1.54, 1.807) is 0 Å². The lowest BCUT2D eigenvalue weighted by molar-refractivity contribution is 0.0225. The molecule has 1 aliphatic heterocycles. The number of nitrogens with zero attached hydrogens (tertiary/aromatic N) is 1. The molecule has 10 heavy (non-hydrogen) atoms. The molecule has 2 heteroatoms. The summed E-state index contributed by atoms with van der Waals surface area (Å²) in [6, 6.07) is 0. The van der Waals surface area contributed by atoms with Gasteiger partial charge in [0.25, 0.3) is 0 Å². The fourth-order valence-corrected chi connectivity index (χ4v) is 2.20. The highest BCUT2D eigenvalue weighted by Crippen LogP contribution is 2.70. The maximum absolute atomic E-state index is 5.30. The molecule has 0 unspecified atom stereocenters. The van der Waals surface area contributed by atoms with Crippen molar-refractivity contribution in [3.63, 3.8) is 0 Å². The molecule has 56 valence electrons. The first-order valence-corrected chi connectivity index (χ1v) is 4.25. The zero-order valence-corrected chi connectivity index (χ0v) is 6.18. The highest BCUT2D eigenvalue weighted by Gasteiger charge is 2.72. The van der Waals surface area contributed by atoms with Crippen molar-refractivity contribution in [2.45, 2.75) is 18.4 Å². The molecule has 0 radical (unpaired) electrons. The van der Waals surface area contributed by atoms with Gasteiger partial charge in [0.1, 0.15) is 0 Å². The Balaban J connectivity index is 1.69. The lowest BCUT2D eigenvalue weighted by Gasteiger charge is -2.29. The molecule has 0 amide bonds. The van der Waals surface area contributed by atoms with Crippen LogP contribution >= 0.6 is 0 Å². The second-order valence-corrected chi connectivity index (χ2v) is 3.81. The number of rotatable bonds is 1. The number of hydrogen-bond acceptors (Lipinski definition) is 2. The Labute approximate surface area is 61.1 Å². The van der Waals surface area contributed by atoms with Crippen LogP contribution < -0.4 is 0 Å². The van der Waals surface area contributed by atoms with Crippen LogP contribution in [0, 0.1) is 5.92 Å². The molecular weight excluding hydrogens is 126 g/mol. The van der Waals surface area contributed by atoms with Gasteiger partial charge in [0.2, 0.25) is 0 Å². The van der Waals surface area contributed by atoms with Crippen molar-refractivity contribution in [1.82, 2.24) is 4.90 Å². The van der Waals surface area contributed by atoms with E-state index in [1.165, 1.54) is 25.9 Å². The number of morpholine rings is 1. The van der Waals surface area contributed by atoms with Gasteiger partial charge in [-0.05, 0) is 18.8 Å². The number of hydrogen-bond donors (Lipinski definition) is 0. The van der Waals surface area contributed by atoms with Crippen molar-refractivity contribution < 1.29 is 4.74 Å². The van der Waals surface area contributed by atoms with Gasteiger partial charge in [-0.2, -0.15) is 0 Å². The van der Waals surface area contributed by atoms with Crippen LogP contribution in [0.3, 0.4) is 0 Å². The Morgan fingerprint density at radius 1 is 1.20 bits per heavy atom. The molecule has 3 rings (SSSR count). The molecule has 0 spiro atoms. The van der Waals surface area contributed by atoms with Crippen molar-refractivity contribution in [3.8, 4) is 0 Å². The number of fused-ring (bicyclic) bond motifs is 1. The Morgan fingerprint density at radius 2 is 1.80 bits per heavy atom. The SMILES string of the molecule is C1CN(C23CC2C3)CCO1. The van der Waals surface area contributed by atoms with Crippen molar-refractivity contribution in [2.24, 2.45) is 5.92 Å². The largest absolute Gasteiger partial charge is 0.379 e. The fraction of sp³-hybridized carbons (Fsp3) is 1.00. The highest BCUT2D eigenvalue weighted by atomic mass is 16.5. The van der Waals surface area contributed by atoms with Crippen LogP contribution in [0.2, 0.25) is 0 Å². The van der Waals surface area contributed by atoms with Crippen LogP contribution in [0.1, 0.15) is 12.8 Å². The fourth-order valence-electron chi connectivity index (χ4n) is 2.20. The molecule has 2 nitrogen and oxygen atoms in total. The molecule has 2 saturated carbocycles. The molecule has 0 aromatic carbocycles. The van der Waals surface area contributed by atoms with Crippen molar-refractivity contribution >= 4 is 0 Å². The van der Waals surface area contributed by atoms with E-state index in [0.29, 0.717) is 0 Å². The molecule has 3 fully saturated rings. The third kappa shape index (κ3) is 0.565. The van der Waals surface area contributed by atoms with Crippen LogP contribution in [-0.4, -0.2) is 36.7 Å². The third-order valence-electron chi connectivity index (χ3n) is 3.28. The summed E-state index contributed by atoms with van der Waals surface area (Å²) in [5.74, 6) is 1.10. The third-order valence-corrected chi connectivity index (χ3v) is 3.28. The van der Waals surface area contributed by atoms with E-state index in [9.17, 15) is 0 Å². The molecule has 1 heterocycles. The molecule has 0 N–H and O–H groups in total. The lowest BCUT2D eigenvalue weighted by Crippen LogP contribution is -2.41. The molecule has 1 saturated heterocycles. The summed E-state index contributed by atoms with van der Waals surface area (Å²) in [6.45, 7) is 4.32. The average Bonchev–Trinajstić information content (AvgIpc) is 2.74. The minimum Gasteiger partial charge on any atom is -0.379 e. The number of ether oxygens (including phenoxy) is 1. The Kier molecular flexibility index (Phi) is 0.868. The lowest BCUT2D eigenvalue weighted by atomic mass is 10.3. The van der Waals surface area contributed by atoms with Gasteiger partial charge < -0.3 is 4.74 Å². The second kappa shape index (κ2) is 1.56. The van der Waals surface area contributed by atoms with E-state index in [4.69, 9.17) is 4.74 Å². The topological polar surface area (TPSA) is 12.5 Å². The maximum atomic E-state index is 5.30. The Hall–Kier alpha value is -0.0800. The van der Waals surface area contributed by atoms with Crippen molar-refractivity contribution in [3.05, 3.63) is 0 Å². The predicted molar refractivity (Wildman–Crippen MR) is 37.8 cm³/mol. The first-order chi connectivity index (χ1) is 4.92. The first-order valence-electron chi connectivity index (χ1n) is 4.25. The minimum absolute atomic E-state index is 0.740. The summed E-state index contributed by atoms with van der Waals surface area (Å²) in [5.41, 5.74) is 0.740. The Bertz CT molecular complexity index is 157. The van der Waals surface area contributed by atoms with Crippen LogP contribution in [0.4, 0.5) is 0 Å². The van der Waals surface area contributed by atoms with Gasteiger partial charge in [-0.15, -0.1) is 0 Å². The quantitative estimate of drug-likeness (QED) is 0.524. The van der Waals surface area contributed by atoms with Crippen LogP contribution in [0.5, 0.6) is 0 Å². The standard InChI is InChI=1S/C8H13NO/c1-3-10-4-2-9(1)8-5-7(8)6-8/h7H,1-6H2. The normalized spacial score (nSPS) is 52.2. The summed E-state index contributed by atoms with van der Waals surface area (Å²) >= 11 is 0. The summed E-state index contributed by atoms with van der Waals surface area (Å²) in [5, 5.41) is 0. The second-order valence-electron chi connectivity index (χ2n) is 3.81. The molecule has 0 aromatic rings. The van der Waals surface area contributed by atoms with Gasteiger partial charge in [0.15, 0.2) is 0 Å². The maximum Gasteiger partial charge on any atom is 0.0594 e. The molecule has 2 aliphatic carbocycles. The van der Waals surface area contributed by atoms with Gasteiger partial charge in [-0.25, -0.2) is 0 Å². The summed E-state index contributed by atoms with van der Waals surface area (Å²) in [6.07, 6.45) is 2.99. The van der Waals surface area contributed by atoms with Gasteiger partial charge in [-0.1, -0.05) is 0 Å². The van der Waals surface area contributed by atoms with Crippen molar-refractivity contribution in [1.29, 1.82) is 0 Å². The zero-order valence-electron chi connectivity index (χ0n) is 6.18. The molecule has 0 bridgehead atoms. The van der Waals surface area contributed by atoms with E-state index < -0.39 is 0 Å². The molecular formula is C8H13NO. The Morgan fingerprint density at radius 3 is 2.30 bits per heavy atom. The predicted octanol–water partition coefficient (Wildman–Crippen LogP) is 0.481. The van der Waals surface area contributed by atoms with Crippen LogP contribution in [0.25, 0.3) is 0 Å². The van der Waals surface area contributed by atoms with Crippen LogP contribution in [-0.2, 0) is 4.74 Å². The molecule has 0 aromatic heterocycles. The summed E-state index contributed by atoms with van der Waals surface area (Å²) < 4.78 is 5.30. The zero-order chi connectivity index (χ0) is 6.60. The van der Waals surface area contributed by atoms with Gasteiger partial charge in [0, 0.05) is 18.6 Å². The highest BCUT2D eigenvalue weighted by molar-refractivity contribution is 5.27. The van der Waals surface area contributed by atoms with E-state index in [2.05, 4.69) is 4.90 Å². The monoisotopic (exact) mass is 139 g/mol.